The Hall–Kier alpha value is -3.36. The molecule has 8 heteroatoms. The third kappa shape index (κ3) is 4.19. The van der Waals surface area contributed by atoms with Crippen molar-refractivity contribution in [3.8, 4) is 17.0 Å². The van der Waals surface area contributed by atoms with E-state index in [0.29, 0.717) is 4.88 Å². The smallest absolute Gasteiger partial charge is 0.265 e. The normalized spacial score (nSPS) is 14.6. The number of fused-ring (bicyclic) bond motifs is 1. The molecule has 0 saturated carbocycles. The summed E-state index contributed by atoms with van der Waals surface area (Å²) in [6, 6.07) is 17.8. The molecule has 7 nitrogen and oxygen atoms in total. The summed E-state index contributed by atoms with van der Waals surface area (Å²) in [5.74, 6) is 0.675. The maximum Gasteiger partial charge on any atom is 0.265 e. The van der Waals surface area contributed by atoms with Crippen molar-refractivity contribution < 1.29 is 9.53 Å². The van der Waals surface area contributed by atoms with Crippen LogP contribution in [0.25, 0.3) is 21.5 Å². The number of carbonyl (C=O) groups excluding carboxylic acids is 1. The first kappa shape index (κ1) is 21.5. The number of nitrogens with zero attached hydrogens (tertiary/aromatic N) is 4. The number of anilines is 2. The molecule has 170 valence electrons. The van der Waals surface area contributed by atoms with E-state index in [1.807, 2.05) is 60.3 Å². The zero-order valence-corrected chi connectivity index (χ0v) is 19.9. The van der Waals surface area contributed by atoms with Crippen molar-refractivity contribution in [1.29, 1.82) is 0 Å². The first-order chi connectivity index (χ1) is 16.0. The second-order valence-corrected chi connectivity index (χ2v) is 9.33. The van der Waals surface area contributed by atoms with Crippen LogP contribution < -0.4 is 15.0 Å². The number of ether oxygens (including phenoxy) is 1. The number of piperazine rings is 1. The van der Waals surface area contributed by atoms with Gasteiger partial charge in [-0.25, -0.2) is 0 Å². The Labute approximate surface area is 197 Å². The number of thiophene rings is 1. The second-order valence-electron chi connectivity index (χ2n) is 8.30. The van der Waals surface area contributed by atoms with E-state index in [2.05, 4.69) is 28.2 Å². The summed E-state index contributed by atoms with van der Waals surface area (Å²) >= 11 is 1.46. The number of nitrogens with one attached hydrogen (secondary N) is 1. The Morgan fingerprint density at radius 1 is 1.03 bits per heavy atom. The molecule has 5 rings (SSSR count). The van der Waals surface area contributed by atoms with E-state index in [0.717, 1.165) is 64.8 Å². The lowest BCUT2D eigenvalue weighted by Crippen LogP contribution is -2.44. The van der Waals surface area contributed by atoms with Gasteiger partial charge in [0.15, 0.2) is 0 Å². The second kappa shape index (κ2) is 8.88. The van der Waals surface area contributed by atoms with E-state index in [9.17, 15) is 4.79 Å². The molecule has 2 aromatic heterocycles. The summed E-state index contributed by atoms with van der Waals surface area (Å²) in [7, 11) is 5.70. The predicted molar refractivity (Wildman–Crippen MR) is 135 cm³/mol. The van der Waals surface area contributed by atoms with Crippen LogP contribution in [0.3, 0.4) is 0 Å². The maximum absolute atomic E-state index is 13.3. The van der Waals surface area contributed by atoms with Gasteiger partial charge < -0.3 is 19.9 Å². The SMILES string of the molecule is COc1cccc(-c2nn(C)c3sc(C(=O)Nc4ccccc4N4CCN(C)CC4)cc23)c1. The molecule has 1 fully saturated rings. The van der Waals surface area contributed by atoms with E-state index >= 15 is 0 Å². The molecule has 1 amide bonds. The molecular weight excluding hydrogens is 434 g/mol. The standard InChI is InChI=1S/C25H27N5O2S/c1-28-11-13-30(14-12-28)21-10-5-4-9-20(21)26-24(31)22-16-19-23(27-29(2)25(19)33-22)17-7-6-8-18(15-17)32-3/h4-10,15-16H,11-14H2,1-3H3,(H,26,31). The monoisotopic (exact) mass is 461 g/mol. The number of hydrogen-bond acceptors (Lipinski definition) is 6. The Balaban J connectivity index is 1.43. The Kier molecular flexibility index (Phi) is 5.78. The molecule has 1 aliphatic rings. The summed E-state index contributed by atoms with van der Waals surface area (Å²) < 4.78 is 7.21. The highest BCUT2D eigenvalue weighted by Gasteiger charge is 2.21. The van der Waals surface area contributed by atoms with Gasteiger partial charge in [-0.2, -0.15) is 5.10 Å². The highest BCUT2D eigenvalue weighted by atomic mass is 32.1. The summed E-state index contributed by atoms with van der Waals surface area (Å²) in [4.78, 5) is 19.5. The van der Waals surface area contributed by atoms with Gasteiger partial charge in [0.25, 0.3) is 5.91 Å². The average molecular weight is 462 g/mol. The molecular formula is C25H27N5O2S. The van der Waals surface area contributed by atoms with Crippen LogP contribution in [0.4, 0.5) is 11.4 Å². The number of para-hydroxylation sites is 2. The fraction of sp³-hybridized carbons (Fsp3) is 0.280. The topological polar surface area (TPSA) is 62.6 Å². The first-order valence-electron chi connectivity index (χ1n) is 11.0. The van der Waals surface area contributed by atoms with Crippen LogP contribution >= 0.6 is 11.3 Å². The third-order valence-electron chi connectivity index (χ3n) is 6.07. The molecule has 1 saturated heterocycles. The number of amides is 1. The Morgan fingerprint density at radius 3 is 2.61 bits per heavy atom. The molecule has 3 heterocycles. The van der Waals surface area contributed by atoms with Gasteiger partial charge >= 0.3 is 0 Å². The molecule has 0 spiro atoms. The molecule has 0 bridgehead atoms. The number of rotatable bonds is 5. The third-order valence-corrected chi connectivity index (χ3v) is 7.28. The molecule has 0 unspecified atom stereocenters. The number of hydrogen-bond donors (Lipinski definition) is 1. The Bertz CT molecular complexity index is 1300. The Morgan fingerprint density at radius 2 is 1.82 bits per heavy atom. The lowest BCUT2D eigenvalue weighted by Gasteiger charge is -2.35. The summed E-state index contributed by atoms with van der Waals surface area (Å²) in [6.45, 7) is 3.92. The molecule has 0 atom stereocenters. The number of methoxy groups -OCH3 is 1. The molecule has 1 aliphatic heterocycles. The molecule has 33 heavy (non-hydrogen) atoms. The van der Waals surface area contributed by atoms with Crippen LogP contribution in [0.1, 0.15) is 9.67 Å². The molecule has 1 N–H and O–H groups in total. The van der Waals surface area contributed by atoms with Crippen molar-refractivity contribution in [2.24, 2.45) is 7.05 Å². The minimum atomic E-state index is -0.102. The lowest BCUT2D eigenvalue weighted by molar-refractivity contribution is 0.103. The quantitative estimate of drug-likeness (QED) is 0.480. The number of aryl methyl sites for hydroxylation is 1. The van der Waals surface area contributed by atoms with Gasteiger partial charge in [0.2, 0.25) is 0 Å². The van der Waals surface area contributed by atoms with Gasteiger partial charge in [0.05, 0.1) is 23.4 Å². The van der Waals surface area contributed by atoms with Gasteiger partial charge in [0, 0.05) is 44.2 Å². The maximum atomic E-state index is 13.3. The predicted octanol–water partition coefficient (Wildman–Crippen LogP) is 4.31. The number of carbonyl (C=O) groups is 1. The fourth-order valence-corrected chi connectivity index (χ4v) is 5.19. The van der Waals surface area contributed by atoms with Crippen LogP contribution in [0.5, 0.6) is 5.75 Å². The summed E-state index contributed by atoms with van der Waals surface area (Å²) in [6.07, 6.45) is 0. The van der Waals surface area contributed by atoms with Gasteiger partial charge in [-0.1, -0.05) is 24.3 Å². The zero-order chi connectivity index (χ0) is 22.9. The largest absolute Gasteiger partial charge is 0.497 e. The molecule has 2 aromatic carbocycles. The van der Waals surface area contributed by atoms with Crippen LogP contribution in [-0.4, -0.2) is 60.9 Å². The molecule has 0 radical (unpaired) electrons. The van der Waals surface area contributed by atoms with Crippen molar-refractivity contribution in [3.63, 3.8) is 0 Å². The van der Waals surface area contributed by atoms with Crippen LogP contribution in [0, 0.1) is 0 Å². The van der Waals surface area contributed by atoms with E-state index in [-0.39, 0.29) is 5.91 Å². The van der Waals surface area contributed by atoms with Gasteiger partial charge in [0.1, 0.15) is 16.3 Å². The lowest BCUT2D eigenvalue weighted by atomic mass is 10.1. The zero-order valence-electron chi connectivity index (χ0n) is 19.0. The summed E-state index contributed by atoms with van der Waals surface area (Å²) in [5, 5.41) is 8.81. The molecule has 4 aromatic rings. The van der Waals surface area contributed by atoms with Crippen LogP contribution in [0.2, 0.25) is 0 Å². The van der Waals surface area contributed by atoms with E-state index < -0.39 is 0 Å². The number of aromatic nitrogens is 2. The van der Waals surface area contributed by atoms with E-state index in [4.69, 9.17) is 9.84 Å². The van der Waals surface area contributed by atoms with E-state index in [1.54, 1.807) is 7.11 Å². The van der Waals surface area contributed by atoms with E-state index in [1.165, 1.54) is 11.3 Å². The number of benzene rings is 2. The highest BCUT2D eigenvalue weighted by molar-refractivity contribution is 7.20. The van der Waals surface area contributed by atoms with Gasteiger partial charge in [-0.3, -0.25) is 9.48 Å². The van der Waals surface area contributed by atoms with Crippen molar-refractivity contribution in [3.05, 3.63) is 59.5 Å². The number of likely N-dealkylation sites (N-methyl/N-ethyl adjacent to an activating group) is 1. The van der Waals surface area contributed by atoms with Gasteiger partial charge in [-0.05, 0) is 37.4 Å². The minimum Gasteiger partial charge on any atom is -0.497 e. The van der Waals surface area contributed by atoms with Crippen molar-refractivity contribution in [1.82, 2.24) is 14.7 Å². The van der Waals surface area contributed by atoms with Crippen molar-refractivity contribution in [2.75, 3.05) is 50.6 Å². The van der Waals surface area contributed by atoms with Crippen LogP contribution in [-0.2, 0) is 7.05 Å². The van der Waals surface area contributed by atoms with Crippen LogP contribution in [0.15, 0.2) is 54.6 Å². The average Bonchev–Trinajstić information content (AvgIpc) is 3.41. The van der Waals surface area contributed by atoms with Crippen molar-refractivity contribution >= 4 is 38.8 Å². The molecule has 0 aliphatic carbocycles. The fourth-order valence-electron chi connectivity index (χ4n) is 4.22. The minimum absolute atomic E-state index is 0.102. The van der Waals surface area contributed by atoms with Crippen molar-refractivity contribution in [2.45, 2.75) is 0 Å². The first-order valence-corrected chi connectivity index (χ1v) is 11.8. The highest BCUT2D eigenvalue weighted by Crippen LogP contribution is 2.35. The summed E-state index contributed by atoms with van der Waals surface area (Å²) in [5.41, 5.74) is 3.72. The van der Waals surface area contributed by atoms with Gasteiger partial charge in [-0.15, -0.1) is 11.3 Å².